The maximum atomic E-state index is 11.4. The number of halogens is 3. The smallest absolute Gasteiger partial charge is 0.412 e. The van der Waals surface area contributed by atoms with Gasteiger partial charge >= 0.3 is 6.09 Å². The van der Waals surface area contributed by atoms with Crippen molar-refractivity contribution in [3.8, 4) is 0 Å². The molecule has 0 atom stereocenters. The summed E-state index contributed by atoms with van der Waals surface area (Å²) < 4.78 is 5.09. The van der Waals surface area contributed by atoms with Gasteiger partial charge in [-0.25, -0.2) is 24.7 Å². The van der Waals surface area contributed by atoms with Gasteiger partial charge in [-0.2, -0.15) is 0 Å². The van der Waals surface area contributed by atoms with E-state index in [2.05, 4.69) is 67.0 Å². The van der Waals surface area contributed by atoms with Crippen LogP contribution in [0.3, 0.4) is 0 Å². The van der Waals surface area contributed by atoms with Crippen LogP contribution in [0.4, 0.5) is 33.5 Å². The fraction of sp³-hybridized carbons (Fsp3) is 0.140. The average molecular weight is 806 g/mol. The van der Waals surface area contributed by atoms with Gasteiger partial charge in [0.25, 0.3) is 0 Å². The molecule has 13 heteroatoms. The van der Waals surface area contributed by atoms with Gasteiger partial charge in [0, 0.05) is 33.9 Å². The molecule has 1 amide bonds. The highest BCUT2D eigenvalue weighted by Gasteiger charge is 2.21. The lowest BCUT2D eigenvalue weighted by Crippen LogP contribution is -2.27. The Balaban J connectivity index is 0.000000148. The number of aromatic nitrogens is 4. The van der Waals surface area contributed by atoms with Crippen LogP contribution in [0.5, 0.6) is 0 Å². The molecule has 0 bridgehead atoms. The number of benzene rings is 4. The van der Waals surface area contributed by atoms with Gasteiger partial charge in [-0.15, -0.1) is 0 Å². The van der Waals surface area contributed by atoms with E-state index in [0.717, 1.165) is 35.4 Å². The summed E-state index contributed by atoms with van der Waals surface area (Å²) in [6.45, 7) is 5.43. The highest BCUT2D eigenvalue weighted by molar-refractivity contribution is 6.33. The molecule has 10 nitrogen and oxygen atoms in total. The number of nitrogen functional groups attached to an aromatic ring is 2. The van der Waals surface area contributed by atoms with E-state index in [4.69, 9.17) is 51.0 Å². The second-order valence-corrected chi connectivity index (χ2v) is 14.8. The lowest BCUT2D eigenvalue weighted by molar-refractivity contribution is 0.0636. The van der Waals surface area contributed by atoms with Crippen molar-refractivity contribution < 1.29 is 9.53 Å². The molecule has 56 heavy (non-hydrogen) atoms. The molecule has 0 saturated heterocycles. The lowest BCUT2D eigenvalue weighted by Gasteiger charge is -2.19. The largest absolute Gasteiger partial charge is 0.444 e. The first kappa shape index (κ1) is 39.7. The zero-order chi connectivity index (χ0) is 39.8. The maximum absolute atomic E-state index is 11.4. The first-order chi connectivity index (χ1) is 26.8. The number of rotatable bonds is 5. The summed E-state index contributed by atoms with van der Waals surface area (Å²) in [5.41, 5.74) is 22.1. The minimum Gasteiger partial charge on any atom is -0.444 e. The third-order valence-corrected chi connectivity index (χ3v) is 9.05. The predicted octanol–water partition coefficient (Wildman–Crippen LogP) is 10.8. The Labute approximate surface area is 340 Å². The van der Waals surface area contributed by atoms with Crippen LogP contribution in [-0.4, -0.2) is 31.6 Å². The normalized spacial score (nSPS) is 12.4. The van der Waals surface area contributed by atoms with Gasteiger partial charge in [-0.3, -0.25) is 5.32 Å². The van der Waals surface area contributed by atoms with Crippen LogP contribution in [0.25, 0.3) is 11.1 Å². The van der Waals surface area contributed by atoms with E-state index >= 15 is 0 Å². The van der Waals surface area contributed by atoms with Crippen molar-refractivity contribution in [2.24, 2.45) is 0 Å². The van der Waals surface area contributed by atoms with E-state index in [1.54, 1.807) is 30.5 Å². The van der Waals surface area contributed by atoms with E-state index in [1.807, 2.05) is 69.3 Å². The molecular formula is C43H39Cl3N8O2. The molecule has 2 aliphatic carbocycles. The summed E-state index contributed by atoms with van der Waals surface area (Å²) >= 11 is 18.3. The lowest BCUT2D eigenvalue weighted by atomic mass is 10.0. The fourth-order valence-electron chi connectivity index (χ4n) is 5.95. The number of hydrogen-bond acceptors (Lipinski definition) is 9. The van der Waals surface area contributed by atoms with E-state index in [0.29, 0.717) is 38.7 Å². The monoisotopic (exact) mass is 804 g/mol. The summed E-state index contributed by atoms with van der Waals surface area (Å²) in [6, 6.07) is 30.9. The number of amides is 1. The molecule has 6 N–H and O–H groups in total. The second-order valence-electron chi connectivity index (χ2n) is 13.7. The number of carbonyl (C=O) groups is 1. The van der Waals surface area contributed by atoms with Gasteiger partial charge in [0.2, 0.25) is 11.2 Å². The highest BCUT2D eigenvalue weighted by atomic mass is 35.5. The number of allylic oxidation sites excluding steroid dienone is 2. The topological polar surface area (TPSA) is 154 Å². The van der Waals surface area contributed by atoms with Gasteiger partial charge in [0.05, 0.1) is 33.8 Å². The molecule has 2 aliphatic rings. The van der Waals surface area contributed by atoms with Crippen LogP contribution in [0, 0.1) is 0 Å². The SMILES string of the molecule is CC(C)(C)OC(=O)Nc1cccc(N)c1.Clc1ncc(Cl)c(C2=CCc3ccccc32)n1.Nc1cccc(Nc2ncc(Cl)c(C3=CCc4ccccc43)n2)c1. The van der Waals surface area contributed by atoms with Crippen molar-refractivity contribution in [1.29, 1.82) is 0 Å². The quantitative estimate of drug-likeness (QED) is 0.0984. The number of nitrogens with zero attached hydrogens (tertiary/aromatic N) is 4. The van der Waals surface area contributed by atoms with Gasteiger partial charge in [-0.05, 0) is 104 Å². The average Bonchev–Trinajstić information content (AvgIpc) is 3.78. The molecule has 0 unspecified atom stereocenters. The molecule has 2 heterocycles. The molecule has 6 aromatic rings. The summed E-state index contributed by atoms with van der Waals surface area (Å²) in [5, 5.41) is 7.05. The molecule has 8 rings (SSSR count). The Morgan fingerprint density at radius 2 is 1.20 bits per heavy atom. The molecule has 0 spiro atoms. The van der Waals surface area contributed by atoms with Gasteiger partial charge in [0.15, 0.2) is 0 Å². The highest BCUT2D eigenvalue weighted by Crippen LogP contribution is 2.36. The third-order valence-electron chi connectivity index (χ3n) is 8.31. The van der Waals surface area contributed by atoms with Gasteiger partial charge < -0.3 is 21.5 Å². The first-order valence-electron chi connectivity index (χ1n) is 17.6. The second kappa shape index (κ2) is 17.7. The van der Waals surface area contributed by atoms with Crippen molar-refractivity contribution in [1.82, 2.24) is 19.9 Å². The zero-order valence-corrected chi connectivity index (χ0v) is 33.1. The standard InChI is InChI=1S/C19H15ClN4.C13H8Cl2N2.C11H16N2O2/c20-17-11-22-19(23-14-6-3-5-13(21)10-14)24-18(17)16-9-8-12-4-1-2-7-15(12)16;14-11-7-16-13(15)17-12(11)10-6-5-8-3-1-2-4-9(8)10;1-11(2,3)15-10(14)13-9-6-4-5-8(12)7-9/h1-7,9-11H,8,21H2,(H,22,23,24);1-4,6-7H,5H2;4-7H,12H2,1-3H3,(H,13,14). The van der Waals surface area contributed by atoms with Crippen LogP contribution < -0.4 is 22.1 Å². The Morgan fingerprint density at radius 3 is 1.77 bits per heavy atom. The number of fused-ring (bicyclic) bond motifs is 2. The van der Waals surface area contributed by atoms with Crippen molar-refractivity contribution in [2.75, 3.05) is 22.1 Å². The van der Waals surface area contributed by atoms with E-state index < -0.39 is 11.7 Å². The van der Waals surface area contributed by atoms with E-state index in [-0.39, 0.29) is 5.28 Å². The van der Waals surface area contributed by atoms with Gasteiger partial charge in [-0.1, -0.05) is 96.0 Å². The summed E-state index contributed by atoms with van der Waals surface area (Å²) in [6.07, 6.45) is 8.76. The number of anilines is 5. The number of nitrogens with two attached hydrogens (primary N) is 2. The first-order valence-corrected chi connectivity index (χ1v) is 18.7. The van der Waals surface area contributed by atoms with Crippen molar-refractivity contribution in [2.45, 2.75) is 39.2 Å². The molecule has 0 aliphatic heterocycles. The number of hydrogen-bond donors (Lipinski definition) is 4. The molecule has 4 aromatic carbocycles. The number of ether oxygens (including phenoxy) is 1. The summed E-state index contributed by atoms with van der Waals surface area (Å²) in [7, 11) is 0. The summed E-state index contributed by atoms with van der Waals surface area (Å²) in [4.78, 5) is 28.3. The molecule has 0 saturated carbocycles. The molecule has 0 fully saturated rings. The van der Waals surface area contributed by atoms with Crippen LogP contribution in [0.1, 0.15) is 54.4 Å². The van der Waals surface area contributed by atoms with Crippen molar-refractivity contribution >= 4 is 80.7 Å². The van der Waals surface area contributed by atoms with Crippen LogP contribution in [0.2, 0.25) is 15.3 Å². The summed E-state index contributed by atoms with van der Waals surface area (Å²) in [5.74, 6) is 0.491. The molecular weight excluding hydrogens is 767 g/mol. The maximum Gasteiger partial charge on any atom is 0.412 e. The molecule has 2 aromatic heterocycles. The molecule has 0 radical (unpaired) electrons. The van der Waals surface area contributed by atoms with Crippen LogP contribution in [0.15, 0.2) is 122 Å². The Bertz CT molecular complexity index is 2450. The van der Waals surface area contributed by atoms with E-state index in [1.165, 1.54) is 28.5 Å². The number of carbonyl (C=O) groups excluding carboxylic acids is 1. The predicted molar refractivity (Wildman–Crippen MR) is 228 cm³/mol. The zero-order valence-electron chi connectivity index (χ0n) is 30.9. The van der Waals surface area contributed by atoms with Crippen LogP contribution in [-0.2, 0) is 17.6 Å². The van der Waals surface area contributed by atoms with E-state index in [9.17, 15) is 4.79 Å². The number of nitrogens with one attached hydrogen (secondary N) is 2. The van der Waals surface area contributed by atoms with Crippen molar-refractivity contribution in [3.05, 3.63) is 171 Å². The Hall–Kier alpha value is -5.94. The Morgan fingerprint density at radius 1 is 0.679 bits per heavy atom. The molecule has 284 valence electrons. The van der Waals surface area contributed by atoms with Crippen LogP contribution >= 0.6 is 34.8 Å². The third kappa shape index (κ3) is 10.4. The minimum atomic E-state index is -0.496. The van der Waals surface area contributed by atoms with Crippen molar-refractivity contribution in [3.63, 3.8) is 0 Å². The Kier molecular flexibility index (Phi) is 12.5. The minimum absolute atomic E-state index is 0.217. The fourth-order valence-corrected chi connectivity index (χ4v) is 6.47. The van der Waals surface area contributed by atoms with Gasteiger partial charge in [0.1, 0.15) is 5.60 Å².